The zero-order valence-electron chi connectivity index (χ0n) is 11.0. The van der Waals surface area contributed by atoms with E-state index in [1.807, 2.05) is 0 Å². The van der Waals surface area contributed by atoms with Gasteiger partial charge in [0.1, 0.15) is 0 Å². The van der Waals surface area contributed by atoms with Crippen molar-refractivity contribution in [2.45, 2.75) is 44.8 Å². The number of nitrogens with zero attached hydrogens (tertiary/aromatic N) is 1. The minimum absolute atomic E-state index is 0.112. The second-order valence-corrected chi connectivity index (χ2v) is 5.41. The average molecular weight is 266 g/mol. The number of carbonyl (C=O) groups is 2. The summed E-state index contributed by atoms with van der Waals surface area (Å²) in [4.78, 5) is 30.0. The molecule has 0 bridgehead atoms. The number of fused-ring (bicyclic) bond motifs is 1. The quantitative estimate of drug-likeness (QED) is 0.603. The smallest absolute Gasteiger partial charge is 0.305 e. The molecule has 1 aromatic rings. The molecule has 2 rings (SSSR count). The molecule has 0 aromatic carbocycles. The molecule has 0 saturated carbocycles. The largest absolute Gasteiger partial charge is 0.481 e. The van der Waals surface area contributed by atoms with Gasteiger partial charge >= 0.3 is 5.97 Å². The number of nitrogens with one attached hydrogen (secondary N) is 3. The summed E-state index contributed by atoms with van der Waals surface area (Å²) < 4.78 is 0. The second-order valence-electron chi connectivity index (χ2n) is 5.41. The monoisotopic (exact) mass is 266 g/mol. The summed E-state index contributed by atoms with van der Waals surface area (Å²) in [6, 6.07) is -0.371. The van der Waals surface area contributed by atoms with Crippen LogP contribution >= 0.6 is 0 Å². The normalized spacial score (nSPS) is 18.7. The summed E-state index contributed by atoms with van der Waals surface area (Å²) in [5, 5.41) is 14.7. The number of hydrogen-bond donors (Lipinski definition) is 4. The lowest BCUT2D eigenvalue weighted by atomic mass is 9.98. The maximum absolute atomic E-state index is 12.1. The molecule has 1 unspecified atom stereocenters. The molecule has 1 amide bonds. The Hall–Kier alpha value is -1.89. The molecule has 7 nitrogen and oxygen atoms in total. The van der Waals surface area contributed by atoms with Crippen LogP contribution in [0, 0.1) is 0 Å². The molecule has 0 radical (unpaired) electrons. The molecule has 4 N–H and O–H groups in total. The Morgan fingerprint density at radius 2 is 2.32 bits per heavy atom. The summed E-state index contributed by atoms with van der Waals surface area (Å²) >= 11 is 0. The van der Waals surface area contributed by atoms with Crippen LogP contribution in [0.25, 0.3) is 0 Å². The van der Waals surface area contributed by atoms with Gasteiger partial charge in [-0.25, -0.2) is 4.98 Å². The molecule has 0 spiro atoms. The van der Waals surface area contributed by atoms with E-state index in [4.69, 9.17) is 5.11 Å². The third-order valence-electron chi connectivity index (χ3n) is 3.10. The summed E-state index contributed by atoms with van der Waals surface area (Å²) in [6.07, 6.45) is 2.01. The molecule has 0 saturated heterocycles. The molecule has 0 fully saturated rings. The molecular weight excluding hydrogens is 248 g/mol. The number of carbonyl (C=O) groups excluding carboxylic acids is 1. The molecule has 0 aliphatic carbocycles. The SMILES string of the molecule is CC(C)(CC(=O)O)NC(=O)C1Cc2nc[nH]c2CN1. The lowest BCUT2D eigenvalue weighted by Crippen LogP contribution is -2.54. The highest BCUT2D eigenvalue weighted by molar-refractivity contribution is 5.83. The molecular formula is C12H18N4O3. The van der Waals surface area contributed by atoms with Crippen LogP contribution in [-0.2, 0) is 22.6 Å². The summed E-state index contributed by atoms with van der Waals surface area (Å²) in [6.45, 7) is 3.95. The van der Waals surface area contributed by atoms with Gasteiger partial charge in [-0.2, -0.15) is 0 Å². The van der Waals surface area contributed by atoms with E-state index in [1.165, 1.54) is 0 Å². The number of carboxylic acids is 1. The fraction of sp³-hybridized carbons (Fsp3) is 0.583. The number of imidazole rings is 1. The first-order chi connectivity index (χ1) is 8.87. The molecule has 1 aromatic heterocycles. The van der Waals surface area contributed by atoms with Gasteiger partial charge in [-0.15, -0.1) is 0 Å². The van der Waals surface area contributed by atoms with E-state index in [1.54, 1.807) is 20.2 Å². The van der Waals surface area contributed by atoms with Gasteiger partial charge in [0, 0.05) is 18.5 Å². The van der Waals surface area contributed by atoms with Crippen molar-refractivity contribution in [2.75, 3.05) is 0 Å². The van der Waals surface area contributed by atoms with E-state index in [-0.39, 0.29) is 18.4 Å². The number of amides is 1. The fourth-order valence-corrected chi connectivity index (χ4v) is 2.20. The van der Waals surface area contributed by atoms with Crippen LogP contribution in [-0.4, -0.2) is 38.5 Å². The predicted molar refractivity (Wildman–Crippen MR) is 67.4 cm³/mol. The number of aromatic nitrogens is 2. The first kappa shape index (κ1) is 13.5. The maximum atomic E-state index is 12.1. The van der Waals surface area contributed by atoms with Crippen molar-refractivity contribution < 1.29 is 14.7 Å². The third kappa shape index (κ3) is 3.31. The Bertz CT molecular complexity index is 495. The lowest BCUT2D eigenvalue weighted by molar-refractivity contribution is -0.138. The van der Waals surface area contributed by atoms with Crippen LogP contribution < -0.4 is 10.6 Å². The molecule has 1 aliphatic rings. The number of rotatable bonds is 4. The van der Waals surface area contributed by atoms with Crippen molar-refractivity contribution in [3.8, 4) is 0 Å². The van der Waals surface area contributed by atoms with Crippen LogP contribution in [0.2, 0.25) is 0 Å². The highest BCUT2D eigenvalue weighted by Gasteiger charge is 2.30. The molecule has 104 valence electrons. The topological polar surface area (TPSA) is 107 Å². The second kappa shape index (κ2) is 5.00. The number of aliphatic carboxylic acids is 1. The summed E-state index contributed by atoms with van der Waals surface area (Å²) in [7, 11) is 0. The van der Waals surface area contributed by atoms with Gasteiger partial charge in [0.05, 0.1) is 30.2 Å². The zero-order valence-corrected chi connectivity index (χ0v) is 11.0. The van der Waals surface area contributed by atoms with E-state index in [9.17, 15) is 9.59 Å². The Kier molecular flexibility index (Phi) is 3.57. The van der Waals surface area contributed by atoms with E-state index in [2.05, 4.69) is 20.6 Å². The lowest BCUT2D eigenvalue weighted by Gasteiger charge is -2.29. The summed E-state index contributed by atoms with van der Waals surface area (Å²) in [5.74, 6) is -1.13. The number of hydrogen-bond acceptors (Lipinski definition) is 4. The van der Waals surface area contributed by atoms with Crippen molar-refractivity contribution in [1.29, 1.82) is 0 Å². The minimum atomic E-state index is -0.934. The van der Waals surface area contributed by atoms with Gasteiger partial charge in [-0.05, 0) is 13.8 Å². The Balaban J connectivity index is 1.96. The van der Waals surface area contributed by atoms with Crippen molar-refractivity contribution in [2.24, 2.45) is 0 Å². The van der Waals surface area contributed by atoms with Crippen molar-refractivity contribution in [1.82, 2.24) is 20.6 Å². The van der Waals surface area contributed by atoms with E-state index in [0.717, 1.165) is 11.4 Å². The first-order valence-corrected chi connectivity index (χ1v) is 6.16. The molecule has 2 heterocycles. The fourth-order valence-electron chi connectivity index (χ4n) is 2.20. The standard InChI is InChI=1S/C12H18N4O3/c1-12(2,4-10(17)18)16-11(19)8-3-7-9(5-13-8)15-6-14-7/h6,8,13H,3-5H2,1-2H3,(H,14,15)(H,16,19)(H,17,18). The van der Waals surface area contributed by atoms with E-state index < -0.39 is 11.5 Å². The zero-order chi connectivity index (χ0) is 14.0. The minimum Gasteiger partial charge on any atom is -0.481 e. The molecule has 1 aliphatic heterocycles. The Morgan fingerprint density at radius 3 is 3.00 bits per heavy atom. The number of H-pyrrole nitrogens is 1. The number of carboxylic acid groups (broad SMARTS) is 1. The van der Waals surface area contributed by atoms with Crippen molar-refractivity contribution >= 4 is 11.9 Å². The van der Waals surface area contributed by atoms with Crippen molar-refractivity contribution in [3.63, 3.8) is 0 Å². The first-order valence-electron chi connectivity index (χ1n) is 6.16. The van der Waals surface area contributed by atoms with Crippen LogP contribution in [0.4, 0.5) is 0 Å². The van der Waals surface area contributed by atoms with Gasteiger partial charge in [-0.3, -0.25) is 14.9 Å². The Morgan fingerprint density at radius 1 is 1.58 bits per heavy atom. The van der Waals surface area contributed by atoms with Crippen LogP contribution in [0.1, 0.15) is 31.7 Å². The predicted octanol–water partition coefficient (Wildman–Crippen LogP) is -0.206. The molecule has 7 heteroatoms. The van der Waals surface area contributed by atoms with Crippen LogP contribution in [0.5, 0.6) is 0 Å². The highest BCUT2D eigenvalue weighted by atomic mass is 16.4. The Labute approximate surface area is 110 Å². The third-order valence-corrected chi connectivity index (χ3v) is 3.10. The van der Waals surface area contributed by atoms with Gasteiger partial charge in [0.25, 0.3) is 0 Å². The van der Waals surface area contributed by atoms with Crippen molar-refractivity contribution in [3.05, 3.63) is 17.7 Å². The van der Waals surface area contributed by atoms with Gasteiger partial charge < -0.3 is 15.4 Å². The molecule has 1 atom stereocenters. The number of aromatic amines is 1. The van der Waals surface area contributed by atoms with Crippen LogP contribution in [0.3, 0.4) is 0 Å². The van der Waals surface area contributed by atoms with Gasteiger partial charge in [0.2, 0.25) is 5.91 Å². The summed E-state index contributed by atoms with van der Waals surface area (Å²) in [5.41, 5.74) is 1.11. The van der Waals surface area contributed by atoms with E-state index in [0.29, 0.717) is 13.0 Å². The molecule has 19 heavy (non-hydrogen) atoms. The average Bonchev–Trinajstić information content (AvgIpc) is 2.72. The van der Waals surface area contributed by atoms with E-state index >= 15 is 0 Å². The highest BCUT2D eigenvalue weighted by Crippen LogP contribution is 2.14. The maximum Gasteiger partial charge on any atom is 0.305 e. The van der Waals surface area contributed by atoms with Gasteiger partial charge in [-0.1, -0.05) is 0 Å². The van der Waals surface area contributed by atoms with Crippen LogP contribution in [0.15, 0.2) is 6.33 Å². The van der Waals surface area contributed by atoms with Gasteiger partial charge in [0.15, 0.2) is 0 Å².